The molecule has 4 heteroatoms. The average molecular weight is 293 g/mol. The number of piperidine rings is 1. The van der Waals surface area contributed by atoms with Crippen molar-refractivity contribution in [3.63, 3.8) is 0 Å². The molecule has 1 unspecified atom stereocenters. The maximum Gasteiger partial charge on any atom is 0.128 e. The molecule has 1 saturated heterocycles. The minimum Gasteiger partial charge on any atom is -0.497 e. The van der Waals surface area contributed by atoms with Crippen LogP contribution in [-0.2, 0) is 0 Å². The van der Waals surface area contributed by atoms with Crippen molar-refractivity contribution in [2.75, 3.05) is 25.1 Å². The van der Waals surface area contributed by atoms with Gasteiger partial charge in [-0.3, -0.25) is 0 Å². The lowest BCUT2D eigenvalue weighted by molar-refractivity contribution is 0.414. The van der Waals surface area contributed by atoms with Crippen LogP contribution in [0.3, 0.4) is 0 Å². The highest BCUT2D eigenvalue weighted by Crippen LogP contribution is 2.30. The number of anilines is 1. The lowest BCUT2D eigenvalue weighted by atomic mass is 9.90. The number of nitriles is 1. The Bertz CT molecular complexity index is 658. The molecular weight excluding hydrogens is 274 g/mol. The summed E-state index contributed by atoms with van der Waals surface area (Å²) in [5, 5.41) is 8.86. The van der Waals surface area contributed by atoms with Crippen LogP contribution in [0.2, 0.25) is 0 Å². The molecule has 0 radical (unpaired) electrons. The Morgan fingerprint density at radius 2 is 2.05 bits per heavy atom. The first-order valence-electron chi connectivity index (χ1n) is 7.55. The summed E-state index contributed by atoms with van der Waals surface area (Å²) in [5.41, 5.74) is 1.95. The monoisotopic (exact) mass is 293 g/mol. The Balaban J connectivity index is 1.74. The van der Waals surface area contributed by atoms with E-state index < -0.39 is 0 Å². The van der Waals surface area contributed by atoms with Gasteiger partial charge < -0.3 is 9.64 Å². The second kappa shape index (κ2) is 6.48. The molecule has 1 aromatic carbocycles. The molecule has 2 heterocycles. The first kappa shape index (κ1) is 14.4. The summed E-state index contributed by atoms with van der Waals surface area (Å²) < 4.78 is 5.22. The first-order valence-corrected chi connectivity index (χ1v) is 7.55. The van der Waals surface area contributed by atoms with Crippen molar-refractivity contribution in [2.45, 2.75) is 18.8 Å². The van der Waals surface area contributed by atoms with Crippen molar-refractivity contribution in [1.82, 2.24) is 4.98 Å². The minimum atomic E-state index is 0.511. The molecule has 1 aliphatic heterocycles. The Labute approximate surface area is 131 Å². The maximum atomic E-state index is 8.86. The van der Waals surface area contributed by atoms with Crippen molar-refractivity contribution < 1.29 is 4.74 Å². The van der Waals surface area contributed by atoms with Crippen molar-refractivity contribution in [3.8, 4) is 11.8 Å². The molecule has 4 nitrogen and oxygen atoms in total. The maximum absolute atomic E-state index is 8.86. The molecule has 3 rings (SSSR count). The fraction of sp³-hybridized carbons (Fsp3) is 0.333. The number of nitrogens with zero attached hydrogens (tertiary/aromatic N) is 3. The molecular formula is C18H19N3O. The smallest absolute Gasteiger partial charge is 0.128 e. The fourth-order valence-electron chi connectivity index (χ4n) is 2.97. The minimum absolute atomic E-state index is 0.511. The van der Waals surface area contributed by atoms with E-state index in [-0.39, 0.29) is 0 Å². The SMILES string of the molecule is COc1ccc(C2CCCN(c3ccc(C#N)cn3)C2)cc1. The molecule has 1 aromatic heterocycles. The molecule has 2 aromatic rings. The van der Waals surface area contributed by atoms with E-state index in [1.807, 2.05) is 24.3 Å². The van der Waals surface area contributed by atoms with Crippen molar-refractivity contribution in [1.29, 1.82) is 5.26 Å². The standard InChI is InChI=1S/C18H19N3O/c1-22-17-7-5-15(6-8-17)16-3-2-10-21(13-16)18-9-4-14(11-19)12-20-18/h4-9,12,16H,2-3,10,13H2,1H3. The van der Waals surface area contributed by atoms with Crippen LogP contribution in [0, 0.1) is 11.3 Å². The summed E-state index contributed by atoms with van der Waals surface area (Å²) in [6.45, 7) is 1.98. The predicted octanol–water partition coefficient (Wildman–Crippen LogP) is 3.35. The van der Waals surface area contributed by atoms with E-state index in [0.717, 1.165) is 31.1 Å². The van der Waals surface area contributed by atoms with E-state index in [2.05, 4.69) is 28.1 Å². The fourth-order valence-corrected chi connectivity index (χ4v) is 2.97. The summed E-state index contributed by atoms with van der Waals surface area (Å²) in [6, 6.07) is 14.2. The van der Waals surface area contributed by atoms with Gasteiger partial charge in [-0.15, -0.1) is 0 Å². The average Bonchev–Trinajstić information content (AvgIpc) is 2.62. The van der Waals surface area contributed by atoms with E-state index in [4.69, 9.17) is 10.00 Å². The number of hydrogen-bond acceptors (Lipinski definition) is 4. The summed E-state index contributed by atoms with van der Waals surface area (Å²) >= 11 is 0. The van der Waals surface area contributed by atoms with Crippen LogP contribution in [0.1, 0.15) is 29.9 Å². The van der Waals surface area contributed by atoms with Gasteiger partial charge >= 0.3 is 0 Å². The Kier molecular flexibility index (Phi) is 4.24. The van der Waals surface area contributed by atoms with Gasteiger partial charge in [-0.2, -0.15) is 5.26 Å². The molecule has 1 fully saturated rings. The van der Waals surface area contributed by atoms with Crippen molar-refractivity contribution in [2.24, 2.45) is 0 Å². The second-order valence-electron chi connectivity index (χ2n) is 5.58. The molecule has 22 heavy (non-hydrogen) atoms. The van der Waals surface area contributed by atoms with Gasteiger partial charge in [0.2, 0.25) is 0 Å². The number of benzene rings is 1. The number of methoxy groups -OCH3 is 1. The highest BCUT2D eigenvalue weighted by Gasteiger charge is 2.22. The lowest BCUT2D eigenvalue weighted by Gasteiger charge is -2.34. The predicted molar refractivity (Wildman–Crippen MR) is 86.1 cm³/mol. The van der Waals surface area contributed by atoms with Crippen LogP contribution in [0.5, 0.6) is 5.75 Å². The van der Waals surface area contributed by atoms with Crippen molar-refractivity contribution in [3.05, 3.63) is 53.7 Å². The summed E-state index contributed by atoms with van der Waals surface area (Å²) in [7, 11) is 1.69. The largest absolute Gasteiger partial charge is 0.497 e. The Morgan fingerprint density at radius 3 is 2.68 bits per heavy atom. The zero-order valence-electron chi connectivity index (χ0n) is 12.7. The molecule has 0 amide bonds. The highest BCUT2D eigenvalue weighted by molar-refractivity contribution is 5.43. The lowest BCUT2D eigenvalue weighted by Crippen LogP contribution is -2.34. The first-order chi connectivity index (χ1) is 10.8. The van der Waals surface area contributed by atoms with E-state index in [1.165, 1.54) is 12.0 Å². The van der Waals surface area contributed by atoms with Crippen LogP contribution in [-0.4, -0.2) is 25.2 Å². The number of ether oxygens (including phenoxy) is 1. The number of rotatable bonds is 3. The number of hydrogen-bond donors (Lipinski definition) is 0. The second-order valence-corrected chi connectivity index (χ2v) is 5.58. The molecule has 112 valence electrons. The number of pyridine rings is 1. The Hall–Kier alpha value is -2.54. The van der Waals surface area contributed by atoms with Gasteiger partial charge in [-0.25, -0.2) is 4.98 Å². The third kappa shape index (κ3) is 3.04. The molecule has 0 aliphatic carbocycles. The molecule has 0 saturated carbocycles. The highest BCUT2D eigenvalue weighted by atomic mass is 16.5. The zero-order chi connectivity index (χ0) is 15.4. The van der Waals surface area contributed by atoms with Crippen molar-refractivity contribution >= 4 is 5.82 Å². The van der Waals surface area contributed by atoms with Gasteiger partial charge in [0.05, 0.1) is 12.7 Å². The van der Waals surface area contributed by atoms with Gasteiger partial charge in [0.1, 0.15) is 17.6 Å². The molecule has 1 aliphatic rings. The van der Waals surface area contributed by atoms with Gasteiger partial charge in [-0.1, -0.05) is 12.1 Å². The zero-order valence-corrected chi connectivity index (χ0v) is 12.7. The van der Waals surface area contributed by atoms with Gasteiger partial charge in [-0.05, 0) is 42.7 Å². The quantitative estimate of drug-likeness (QED) is 0.871. The van der Waals surface area contributed by atoms with Crippen LogP contribution >= 0.6 is 0 Å². The van der Waals surface area contributed by atoms with Gasteiger partial charge in [0, 0.05) is 25.2 Å². The summed E-state index contributed by atoms with van der Waals surface area (Å²) in [5.74, 6) is 2.36. The van der Waals surface area contributed by atoms with Crippen LogP contribution < -0.4 is 9.64 Å². The molecule has 0 N–H and O–H groups in total. The van der Waals surface area contributed by atoms with Gasteiger partial charge in [0.15, 0.2) is 0 Å². The van der Waals surface area contributed by atoms with E-state index >= 15 is 0 Å². The van der Waals surface area contributed by atoms with Crippen LogP contribution in [0.15, 0.2) is 42.6 Å². The molecule has 1 atom stereocenters. The van der Waals surface area contributed by atoms with Crippen LogP contribution in [0.25, 0.3) is 0 Å². The van der Waals surface area contributed by atoms with Crippen LogP contribution in [0.4, 0.5) is 5.82 Å². The van der Waals surface area contributed by atoms with E-state index in [1.54, 1.807) is 13.3 Å². The topological polar surface area (TPSA) is 49.1 Å². The summed E-state index contributed by atoms with van der Waals surface area (Å²) in [6.07, 6.45) is 3.99. The van der Waals surface area contributed by atoms with E-state index in [9.17, 15) is 0 Å². The third-order valence-electron chi connectivity index (χ3n) is 4.21. The third-order valence-corrected chi connectivity index (χ3v) is 4.21. The number of aromatic nitrogens is 1. The Morgan fingerprint density at radius 1 is 1.23 bits per heavy atom. The van der Waals surface area contributed by atoms with Gasteiger partial charge in [0.25, 0.3) is 0 Å². The van der Waals surface area contributed by atoms with E-state index in [0.29, 0.717) is 11.5 Å². The molecule has 0 spiro atoms. The normalized spacial score (nSPS) is 17.8. The summed E-state index contributed by atoms with van der Waals surface area (Å²) in [4.78, 5) is 6.72. The molecule has 0 bridgehead atoms.